The largest absolute Gasteiger partial charge is 0.457 e. The molecule has 2 aromatic heterocycles. The van der Waals surface area contributed by atoms with Gasteiger partial charge in [0.25, 0.3) is 0 Å². The summed E-state index contributed by atoms with van der Waals surface area (Å²) in [5.74, 6) is 0.354. The van der Waals surface area contributed by atoms with Crippen LogP contribution in [-0.4, -0.2) is 15.7 Å². The lowest BCUT2D eigenvalue weighted by Gasteiger charge is -2.10. The molecule has 25 heavy (non-hydrogen) atoms. The number of carbonyl (C=O) groups is 1. The number of aryl methyl sites for hydroxylation is 3. The van der Waals surface area contributed by atoms with Gasteiger partial charge in [-0.3, -0.25) is 0 Å². The first-order valence-corrected chi connectivity index (χ1v) is 8.27. The maximum Gasteiger partial charge on any atom is 0.340 e. The van der Waals surface area contributed by atoms with E-state index in [1.54, 1.807) is 0 Å². The van der Waals surface area contributed by atoms with Crippen LogP contribution in [0.5, 0.6) is 0 Å². The molecule has 3 aromatic rings. The summed E-state index contributed by atoms with van der Waals surface area (Å²) >= 11 is 0. The summed E-state index contributed by atoms with van der Waals surface area (Å²) in [5, 5.41) is 3.88. The van der Waals surface area contributed by atoms with Gasteiger partial charge in [-0.15, -0.1) is 0 Å². The van der Waals surface area contributed by atoms with E-state index < -0.39 is 0 Å². The summed E-state index contributed by atoms with van der Waals surface area (Å²) in [6, 6.07) is 12.1. The van der Waals surface area contributed by atoms with Crippen LogP contribution in [0.25, 0.3) is 0 Å². The van der Waals surface area contributed by atoms with E-state index in [4.69, 9.17) is 9.26 Å². The van der Waals surface area contributed by atoms with Gasteiger partial charge >= 0.3 is 5.97 Å². The van der Waals surface area contributed by atoms with Crippen LogP contribution in [0, 0.1) is 27.7 Å². The van der Waals surface area contributed by atoms with E-state index in [0.29, 0.717) is 11.3 Å². The van der Waals surface area contributed by atoms with Crippen LogP contribution >= 0.6 is 0 Å². The minimum atomic E-state index is -0.326. The van der Waals surface area contributed by atoms with Crippen LogP contribution in [0.1, 0.15) is 44.3 Å². The van der Waals surface area contributed by atoms with Crippen LogP contribution in [0.3, 0.4) is 0 Å². The molecule has 0 aliphatic heterocycles. The molecule has 5 heteroatoms. The first-order chi connectivity index (χ1) is 12.0. The summed E-state index contributed by atoms with van der Waals surface area (Å²) in [5.41, 5.74) is 5.31. The van der Waals surface area contributed by atoms with Crippen molar-refractivity contribution in [1.29, 1.82) is 0 Å². The number of hydrogen-bond donors (Lipinski definition) is 0. The molecule has 3 rings (SSSR count). The lowest BCUT2D eigenvalue weighted by atomic mass is 10.2. The third kappa shape index (κ3) is 3.50. The van der Waals surface area contributed by atoms with E-state index in [-0.39, 0.29) is 12.6 Å². The van der Waals surface area contributed by atoms with Crippen molar-refractivity contribution in [2.75, 3.05) is 0 Å². The molecule has 0 N–H and O–H groups in total. The van der Waals surface area contributed by atoms with Crippen molar-refractivity contribution in [1.82, 2.24) is 9.72 Å². The first kappa shape index (κ1) is 17.0. The molecule has 130 valence electrons. The molecule has 0 aliphatic carbocycles. The molecule has 2 heterocycles. The number of aromatic nitrogens is 2. The first-order valence-electron chi connectivity index (χ1n) is 8.27. The summed E-state index contributed by atoms with van der Waals surface area (Å²) in [6.45, 7) is 8.50. The van der Waals surface area contributed by atoms with Crippen molar-refractivity contribution in [3.8, 4) is 0 Å². The minimum absolute atomic E-state index is 0.169. The Hall–Kier alpha value is -2.82. The molecule has 0 radical (unpaired) electrons. The maximum absolute atomic E-state index is 12.5. The molecule has 0 fully saturated rings. The lowest BCUT2D eigenvalue weighted by Crippen LogP contribution is -2.09. The van der Waals surface area contributed by atoms with Gasteiger partial charge in [0.1, 0.15) is 12.4 Å². The van der Waals surface area contributed by atoms with Gasteiger partial charge in [-0.05, 0) is 39.3 Å². The zero-order chi connectivity index (χ0) is 18.0. The van der Waals surface area contributed by atoms with Crippen LogP contribution < -0.4 is 0 Å². The van der Waals surface area contributed by atoms with Gasteiger partial charge in [-0.1, -0.05) is 35.5 Å². The number of rotatable bonds is 5. The highest BCUT2D eigenvalue weighted by Gasteiger charge is 2.19. The molecule has 0 aliphatic rings. The van der Waals surface area contributed by atoms with Crippen LogP contribution in [0.15, 0.2) is 40.9 Å². The molecule has 0 spiro atoms. The zero-order valence-electron chi connectivity index (χ0n) is 15.0. The third-order valence-electron chi connectivity index (χ3n) is 4.51. The average Bonchev–Trinajstić information content (AvgIpc) is 3.07. The van der Waals surface area contributed by atoms with Gasteiger partial charge in [0.2, 0.25) is 0 Å². The summed E-state index contributed by atoms with van der Waals surface area (Å²) < 4.78 is 12.7. The Kier molecular flexibility index (Phi) is 4.74. The van der Waals surface area contributed by atoms with E-state index in [1.807, 2.05) is 52.0 Å². The van der Waals surface area contributed by atoms with E-state index in [9.17, 15) is 4.79 Å². The van der Waals surface area contributed by atoms with Gasteiger partial charge in [-0.25, -0.2) is 4.79 Å². The van der Waals surface area contributed by atoms with Crippen LogP contribution in [-0.2, 0) is 17.9 Å². The highest BCUT2D eigenvalue weighted by Crippen LogP contribution is 2.20. The molecule has 0 amide bonds. The monoisotopic (exact) mass is 338 g/mol. The second kappa shape index (κ2) is 6.97. The van der Waals surface area contributed by atoms with Crippen molar-refractivity contribution in [2.24, 2.45) is 0 Å². The van der Waals surface area contributed by atoms with E-state index in [0.717, 1.165) is 29.2 Å². The minimum Gasteiger partial charge on any atom is -0.457 e. The van der Waals surface area contributed by atoms with Crippen molar-refractivity contribution in [3.05, 3.63) is 75.9 Å². The summed E-state index contributed by atoms with van der Waals surface area (Å²) in [4.78, 5) is 12.5. The SMILES string of the molecule is Cc1noc(C)c1COC(=O)c1cc(C)n(Cc2ccccc2)c1C. The summed E-state index contributed by atoms with van der Waals surface area (Å²) in [7, 11) is 0. The normalized spacial score (nSPS) is 10.9. The molecule has 0 unspecified atom stereocenters. The number of nitrogens with zero attached hydrogens (tertiary/aromatic N) is 2. The van der Waals surface area contributed by atoms with Crippen molar-refractivity contribution >= 4 is 5.97 Å². The van der Waals surface area contributed by atoms with Gasteiger partial charge in [-0.2, -0.15) is 0 Å². The Labute approximate surface area is 147 Å². The van der Waals surface area contributed by atoms with Crippen molar-refractivity contribution < 1.29 is 14.1 Å². The smallest absolute Gasteiger partial charge is 0.340 e. The van der Waals surface area contributed by atoms with Gasteiger partial charge in [0, 0.05) is 17.9 Å². The highest BCUT2D eigenvalue weighted by molar-refractivity contribution is 5.91. The van der Waals surface area contributed by atoms with Gasteiger partial charge in [0.05, 0.1) is 16.8 Å². The maximum atomic E-state index is 12.5. The Morgan fingerprint density at radius 2 is 1.88 bits per heavy atom. The van der Waals surface area contributed by atoms with Crippen molar-refractivity contribution in [2.45, 2.75) is 40.8 Å². The Morgan fingerprint density at radius 1 is 1.16 bits per heavy atom. The third-order valence-corrected chi connectivity index (χ3v) is 4.51. The Morgan fingerprint density at radius 3 is 2.52 bits per heavy atom. The number of carbonyl (C=O) groups excluding carboxylic acids is 1. The molecular weight excluding hydrogens is 316 g/mol. The van der Waals surface area contributed by atoms with Crippen LogP contribution in [0.4, 0.5) is 0 Å². The zero-order valence-corrected chi connectivity index (χ0v) is 15.0. The Balaban J connectivity index is 1.76. The molecule has 1 aromatic carbocycles. The highest BCUT2D eigenvalue weighted by atomic mass is 16.5. The van der Waals surface area contributed by atoms with Crippen LogP contribution in [0.2, 0.25) is 0 Å². The second-order valence-corrected chi connectivity index (χ2v) is 6.24. The fourth-order valence-electron chi connectivity index (χ4n) is 2.94. The van der Waals surface area contributed by atoms with Gasteiger partial charge < -0.3 is 13.8 Å². The molecule has 0 bridgehead atoms. The standard InChI is InChI=1S/C20H22N2O3/c1-13-10-18(15(3)22(13)11-17-8-6-5-7-9-17)20(23)24-12-19-14(2)21-25-16(19)4/h5-10H,11-12H2,1-4H3. The number of hydrogen-bond acceptors (Lipinski definition) is 4. The quantitative estimate of drug-likeness (QED) is 0.657. The van der Waals surface area contributed by atoms with E-state index >= 15 is 0 Å². The predicted molar refractivity (Wildman–Crippen MR) is 94.5 cm³/mol. The number of benzene rings is 1. The van der Waals surface area contributed by atoms with Gasteiger partial charge in [0.15, 0.2) is 0 Å². The number of esters is 1. The molecule has 0 saturated carbocycles. The molecule has 0 atom stereocenters. The number of ether oxygens (including phenoxy) is 1. The molecular formula is C20H22N2O3. The van der Waals surface area contributed by atoms with E-state index in [1.165, 1.54) is 5.56 Å². The van der Waals surface area contributed by atoms with E-state index in [2.05, 4.69) is 21.9 Å². The van der Waals surface area contributed by atoms with Crippen molar-refractivity contribution in [3.63, 3.8) is 0 Å². The lowest BCUT2D eigenvalue weighted by molar-refractivity contribution is 0.0470. The Bertz CT molecular complexity index is 872. The second-order valence-electron chi connectivity index (χ2n) is 6.24. The molecule has 5 nitrogen and oxygen atoms in total. The summed E-state index contributed by atoms with van der Waals surface area (Å²) in [6.07, 6.45) is 0. The molecule has 0 saturated heterocycles. The topological polar surface area (TPSA) is 57.3 Å². The fraction of sp³-hybridized carbons (Fsp3) is 0.300. The average molecular weight is 338 g/mol. The fourth-order valence-corrected chi connectivity index (χ4v) is 2.94. The predicted octanol–water partition coefficient (Wildman–Crippen LogP) is 4.12.